The molecule has 4 aromatic heterocycles. The lowest BCUT2D eigenvalue weighted by Crippen LogP contribution is -2.11. The minimum absolute atomic E-state index is 0.00215. The quantitative estimate of drug-likeness (QED) is 0.166. The first-order valence-corrected chi connectivity index (χ1v) is 15.2. The van der Waals surface area contributed by atoms with E-state index in [0.29, 0.717) is 34.4 Å². The van der Waals surface area contributed by atoms with Crippen molar-refractivity contribution in [3.8, 4) is 44.5 Å². The van der Waals surface area contributed by atoms with Crippen LogP contribution in [0.25, 0.3) is 42.8 Å². The summed E-state index contributed by atoms with van der Waals surface area (Å²) >= 11 is 1.55. The normalized spacial score (nSPS) is 12.8. The number of fused-ring (bicyclic) bond motifs is 1. The molecule has 0 bridgehead atoms. The lowest BCUT2D eigenvalue weighted by molar-refractivity contribution is -0.112. The third kappa shape index (κ3) is 5.53. The van der Waals surface area contributed by atoms with Gasteiger partial charge in [-0.2, -0.15) is 5.10 Å². The molecular formula is C34H28FN7O2S. The maximum Gasteiger partial charge on any atom is 0.322 e. The van der Waals surface area contributed by atoms with Crippen LogP contribution in [0.15, 0.2) is 85.5 Å². The molecule has 0 atom stereocenters. The molecular weight excluding hydrogens is 589 g/mol. The number of carbonyl (C=O) groups excluding carboxylic acids is 1. The average molecular weight is 618 g/mol. The Kier molecular flexibility index (Phi) is 7.09. The van der Waals surface area contributed by atoms with Gasteiger partial charge in [0.1, 0.15) is 5.82 Å². The van der Waals surface area contributed by atoms with Crippen molar-refractivity contribution in [3.05, 3.63) is 97.0 Å². The van der Waals surface area contributed by atoms with Crippen molar-refractivity contribution >= 4 is 38.8 Å². The number of nitrogens with one attached hydrogen (secondary N) is 1. The predicted octanol–water partition coefficient (Wildman–Crippen LogP) is 7.96. The van der Waals surface area contributed by atoms with Gasteiger partial charge in [-0.15, -0.1) is 11.3 Å². The molecule has 224 valence electrons. The second-order valence-electron chi connectivity index (χ2n) is 11.0. The number of ether oxygens (including phenoxy) is 1. The van der Waals surface area contributed by atoms with Crippen LogP contribution in [0, 0.1) is 12.7 Å². The van der Waals surface area contributed by atoms with Crippen molar-refractivity contribution in [1.82, 2.24) is 24.7 Å². The van der Waals surface area contributed by atoms with Crippen LogP contribution >= 0.6 is 11.3 Å². The highest BCUT2D eigenvalue weighted by molar-refractivity contribution is 7.23. The van der Waals surface area contributed by atoms with Crippen molar-refractivity contribution < 1.29 is 13.9 Å². The highest BCUT2D eigenvalue weighted by Crippen LogP contribution is 2.50. The molecule has 1 amide bonds. The largest absolute Gasteiger partial charge is 0.421 e. The summed E-state index contributed by atoms with van der Waals surface area (Å²) < 4.78 is 24.2. The van der Waals surface area contributed by atoms with Gasteiger partial charge < -0.3 is 15.8 Å². The summed E-state index contributed by atoms with van der Waals surface area (Å²) in [7, 11) is 0. The minimum atomic E-state index is -0.575. The molecule has 0 spiro atoms. The molecule has 1 saturated carbocycles. The summed E-state index contributed by atoms with van der Waals surface area (Å²) in [5.74, 6) is -0.495. The van der Waals surface area contributed by atoms with E-state index in [1.54, 1.807) is 48.9 Å². The number of hydrogen-bond acceptors (Lipinski definition) is 8. The summed E-state index contributed by atoms with van der Waals surface area (Å²) in [6.07, 6.45) is 9.46. The second-order valence-corrected chi connectivity index (χ2v) is 12.1. The van der Waals surface area contributed by atoms with E-state index in [9.17, 15) is 4.79 Å². The summed E-state index contributed by atoms with van der Waals surface area (Å²) in [4.78, 5) is 25.9. The highest BCUT2D eigenvalue weighted by atomic mass is 32.1. The number of carbonyl (C=O) groups is 1. The topological polar surface area (TPSA) is 121 Å². The smallest absolute Gasteiger partial charge is 0.322 e. The molecule has 2 aromatic carbocycles. The average Bonchev–Trinajstić information content (AvgIpc) is 3.61. The first-order chi connectivity index (χ1) is 21.7. The van der Waals surface area contributed by atoms with E-state index in [2.05, 4.69) is 31.9 Å². The van der Waals surface area contributed by atoms with E-state index in [4.69, 9.17) is 10.5 Å². The van der Waals surface area contributed by atoms with Crippen molar-refractivity contribution in [2.75, 3.05) is 11.1 Å². The number of nitrogens with two attached hydrogens (primary N) is 1. The molecule has 4 heterocycles. The van der Waals surface area contributed by atoms with Gasteiger partial charge in [0.05, 0.1) is 12.2 Å². The summed E-state index contributed by atoms with van der Waals surface area (Å²) in [6.45, 7) is 7.16. The standard InChI is InChI=1S/C34H28FN7O2S/c1-18(2)33(43)41-23-7-4-20(5-8-23)30-28(21-6-11-27(26(35)14-21)44-34-37-13-12-19(3)40-34)29-31(45-30)25(16-38-32(29)36)22-15-39-42(17-22)24-9-10-24/h4-8,11-17,24H,1,9-10H2,2-3H3,(H2,36,38)(H,41,43). The number of hydrogen-bond donors (Lipinski definition) is 2. The fourth-order valence-electron chi connectivity index (χ4n) is 5.08. The van der Waals surface area contributed by atoms with Crippen molar-refractivity contribution in [3.63, 3.8) is 0 Å². The number of anilines is 2. The Labute approximate surface area is 262 Å². The van der Waals surface area contributed by atoms with Gasteiger partial charge in [-0.3, -0.25) is 9.48 Å². The van der Waals surface area contributed by atoms with E-state index >= 15 is 4.39 Å². The van der Waals surface area contributed by atoms with E-state index in [1.165, 1.54) is 6.07 Å². The number of aryl methyl sites for hydroxylation is 1. The van der Waals surface area contributed by atoms with Crippen LogP contribution in [0.2, 0.25) is 0 Å². The summed E-state index contributed by atoms with van der Waals surface area (Å²) in [5, 5.41) is 8.15. The van der Waals surface area contributed by atoms with Crippen LogP contribution in [0.1, 0.15) is 31.5 Å². The molecule has 45 heavy (non-hydrogen) atoms. The Morgan fingerprint density at radius 2 is 1.87 bits per heavy atom. The first-order valence-electron chi connectivity index (χ1n) is 14.4. The van der Waals surface area contributed by atoms with Gasteiger partial charge in [-0.05, 0) is 68.1 Å². The molecule has 0 aliphatic heterocycles. The summed E-state index contributed by atoms with van der Waals surface area (Å²) in [5.41, 5.74) is 12.4. The van der Waals surface area contributed by atoms with E-state index in [1.807, 2.05) is 48.3 Å². The monoisotopic (exact) mass is 617 g/mol. The van der Waals surface area contributed by atoms with Crippen LogP contribution < -0.4 is 15.8 Å². The number of rotatable bonds is 8. The van der Waals surface area contributed by atoms with Gasteiger partial charge in [0.25, 0.3) is 5.91 Å². The van der Waals surface area contributed by atoms with Gasteiger partial charge in [-0.25, -0.2) is 19.3 Å². The zero-order chi connectivity index (χ0) is 31.2. The molecule has 1 aliphatic carbocycles. The highest BCUT2D eigenvalue weighted by Gasteiger charge is 2.26. The third-order valence-corrected chi connectivity index (χ3v) is 8.83. The van der Waals surface area contributed by atoms with Crippen LogP contribution in [0.3, 0.4) is 0 Å². The van der Waals surface area contributed by atoms with Crippen molar-refractivity contribution in [1.29, 1.82) is 0 Å². The predicted molar refractivity (Wildman–Crippen MR) is 175 cm³/mol. The molecule has 0 saturated heterocycles. The van der Waals surface area contributed by atoms with Crippen molar-refractivity contribution in [2.24, 2.45) is 0 Å². The molecule has 9 nitrogen and oxygen atoms in total. The zero-order valence-corrected chi connectivity index (χ0v) is 25.4. The zero-order valence-electron chi connectivity index (χ0n) is 24.5. The van der Waals surface area contributed by atoms with E-state index in [0.717, 1.165) is 50.1 Å². The molecule has 1 fully saturated rings. The van der Waals surface area contributed by atoms with Crippen LogP contribution in [0.4, 0.5) is 15.9 Å². The SMILES string of the molecule is C=C(C)C(=O)Nc1ccc(-c2sc3c(-c4cnn(C5CC5)c4)cnc(N)c3c2-c2ccc(Oc3nccc(C)n3)c(F)c2)cc1. The van der Waals surface area contributed by atoms with E-state index in [-0.39, 0.29) is 17.7 Å². The number of pyridine rings is 1. The second kappa shape index (κ2) is 11.3. The Morgan fingerprint density at radius 3 is 2.58 bits per heavy atom. The number of nitrogen functional groups attached to an aromatic ring is 1. The van der Waals surface area contributed by atoms with Crippen molar-refractivity contribution in [2.45, 2.75) is 32.7 Å². The Hall–Kier alpha value is -5.42. The fraction of sp³-hybridized carbons (Fsp3) is 0.147. The number of benzene rings is 2. The van der Waals surface area contributed by atoms with Gasteiger partial charge in [-0.1, -0.05) is 24.8 Å². The maximum atomic E-state index is 15.6. The number of nitrogens with zero attached hydrogens (tertiary/aromatic N) is 5. The summed E-state index contributed by atoms with van der Waals surface area (Å²) in [6, 6.07) is 14.5. The Bertz CT molecular complexity index is 2120. The van der Waals surface area contributed by atoms with Gasteiger partial charge in [0.15, 0.2) is 11.6 Å². The van der Waals surface area contributed by atoms with Crippen LogP contribution in [-0.2, 0) is 4.79 Å². The Balaban J connectivity index is 1.37. The van der Waals surface area contributed by atoms with Crippen LogP contribution in [-0.4, -0.2) is 30.6 Å². The molecule has 1 aliphatic rings. The fourth-order valence-corrected chi connectivity index (χ4v) is 6.45. The number of aromatic nitrogens is 5. The number of halogens is 1. The van der Waals surface area contributed by atoms with Gasteiger partial charge >= 0.3 is 6.01 Å². The molecule has 11 heteroatoms. The number of thiophene rings is 1. The lowest BCUT2D eigenvalue weighted by Gasteiger charge is -2.11. The first kappa shape index (κ1) is 28.4. The van der Waals surface area contributed by atoms with Gasteiger partial charge in [0, 0.05) is 67.2 Å². The number of amides is 1. The molecule has 3 N–H and O–H groups in total. The molecule has 6 aromatic rings. The Morgan fingerprint density at radius 1 is 1.09 bits per heavy atom. The van der Waals surface area contributed by atoms with E-state index < -0.39 is 5.82 Å². The molecule has 0 radical (unpaired) electrons. The lowest BCUT2D eigenvalue weighted by atomic mass is 9.97. The minimum Gasteiger partial charge on any atom is -0.421 e. The molecule has 0 unspecified atom stereocenters. The molecule has 7 rings (SSSR count). The third-order valence-electron chi connectivity index (χ3n) is 7.56. The van der Waals surface area contributed by atoms with Crippen LogP contribution in [0.5, 0.6) is 11.8 Å². The van der Waals surface area contributed by atoms with Gasteiger partial charge in [0.2, 0.25) is 0 Å². The maximum absolute atomic E-state index is 15.6.